The van der Waals surface area contributed by atoms with Gasteiger partial charge in [0.15, 0.2) is 0 Å². The summed E-state index contributed by atoms with van der Waals surface area (Å²) in [6, 6.07) is 15.3. The van der Waals surface area contributed by atoms with Crippen LogP contribution in [0.5, 0.6) is 5.75 Å². The van der Waals surface area contributed by atoms with Gasteiger partial charge in [-0.3, -0.25) is 5.43 Å². The zero-order chi connectivity index (χ0) is 16.8. The van der Waals surface area contributed by atoms with Crippen LogP contribution in [-0.4, -0.2) is 11.2 Å². The highest BCUT2D eigenvalue weighted by atomic mass is 35.5. The van der Waals surface area contributed by atoms with Gasteiger partial charge in [0.05, 0.1) is 6.21 Å². The lowest BCUT2D eigenvalue weighted by molar-refractivity contribution is 0.306. The number of hydrazone groups is 1. The molecule has 2 aromatic carbocycles. The van der Waals surface area contributed by atoms with Crippen molar-refractivity contribution in [3.8, 4) is 5.75 Å². The van der Waals surface area contributed by atoms with Crippen LogP contribution in [0, 0.1) is 0 Å². The van der Waals surface area contributed by atoms with E-state index in [-0.39, 0.29) is 0 Å². The minimum Gasteiger partial charge on any atom is -0.488 e. The highest BCUT2D eigenvalue weighted by Crippen LogP contribution is 2.20. The number of thiazole rings is 1. The van der Waals surface area contributed by atoms with Gasteiger partial charge in [-0.15, -0.1) is 11.3 Å². The molecule has 0 aliphatic carbocycles. The van der Waals surface area contributed by atoms with Crippen LogP contribution in [0.15, 0.2) is 59.0 Å². The van der Waals surface area contributed by atoms with E-state index in [4.69, 9.17) is 22.1 Å². The summed E-state index contributed by atoms with van der Waals surface area (Å²) in [7, 11) is 0. The minimum atomic E-state index is 0.432. The van der Waals surface area contributed by atoms with Crippen LogP contribution in [-0.2, 0) is 6.61 Å². The summed E-state index contributed by atoms with van der Waals surface area (Å²) < 4.78 is 5.87. The summed E-state index contributed by atoms with van der Waals surface area (Å²) in [5, 5.41) is 7.25. The molecule has 0 aliphatic rings. The molecular weight excluding hydrogens is 344 g/mol. The molecule has 0 unspecified atom stereocenters. The molecule has 0 saturated carbocycles. The Morgan fingerprint density at radius 1 is 1.25 bits per heavy atom. The van der Waals surface area contributed by atoms with Crippen LogP contribution in [0.2, 0.25) is 5.02 Å². The number of anilines is 2. The number of nitrogens with two attached hydrogens (primary N) is 1. The van der Waals surface area contributed by atoms with Gasteiger partial charge >= 0.3 is 0 Å². The Hall–Kier alpha value is -2.57. The molecule has 3 N–H and O–H groups in total. The van der Waals surface area contributed by atoms with E-state index in [1.54, 1.807) is 11.6 Å². The average Bonchev–Trinajstić information content (AvgIpc) is 2.99. The van der Waals surface area contributed by atoms with Crippen LogP contribution in [0.4, 0.5) is 10.9 Å². The summed E-state index contributed by atoms with van der Waals surface area (Å²) in [5.41, 5.74) is 10.3. The van der Waals surface area contributed by atoms with E-state index in [1.807, 2.05) is 48.5 Å². The first-order valence-electron chi connectivity index (χ1n) is 7.17. The lowest BCUT2D eigenvalue weighted by Crippen LogP contribution is -1.99. The Kier molecular flexibility index (Phi) is 5.30. The predicted octanol–water partition coefficient (Wildman–Crippen LogP) is 4.40. The number of halogens is 1. The van der Waals surface area contributed by atoms with Gasteiger partial charge in [0.1, 0.15) is 18.2 Å². The predicted molar refractivity (Wildman–Crippen MR) is 100.0 cm³/mol. The van der Waals surface area contributed by atoms with Gasteiger partial charge in [0, 0.05) is 16.0 Å². The number of para-hydroxylation sites is 1. The minimum absolute atomic E-state index is 0.432. The quantitative estimate of drug-likeness (QED) is 0.506. The first kappa shape index (κ1) is 16.3. The zero-order valence-corrected chi connectivity index (χ0v) is 14.2. The van der Waals surface area contributed by atoms with Crippen LogP contribution in [0.25, 0.3) is 0 Å². The first-order valence-corrected chi connectivity index (χ1v) is 8.43. The van der Waals surface area contributed by atoms with Crippen LogP contribution >= 0.6 is 22.9 Å². The topological polar surface area (TPSA) is 72.5 Å². The molecule has 1 heterocycles. The SMILES string of the molecule is Nc1csc(NN=Cc2ccccc2OCc2cccc(Cl)c2)n1. The Labute approximate surface area is 148 Å². The number of benzene rings is 2. The van der Waals surface area contributed by atoms with Gasteiger partial charge in [0.25, 0.3) is 0 Å². The molecule has 0 fully saturated rings. The molecule has 0 radical (unpaired) electrons. The first-order chi connectivity index (χ1) is 11.7. The smallest absolute Gasteiger partial charge is 0.205 e. The zero-order valence-electron chi connectivity index (χ0n) is 12.6. The molecular formula is C17H15ClN4OS. The van der Waals surface area contributed by atoms with Crippen LogP contribution in [0.1, 0.15) is 11.1 Å². The van der Waals surface area contributed by atoms with Crippen molar-refractivity contribution in [2.75, 3.05) is 11.2 Å². The standard InChI is InChI=1S/C17H15ClN4OS/c18-14-6-3-4-12(8-14)10-23-15-7-2-1-5-13(15)9-20-22-17-21-16(19)11-24-17/h1-9,11H,10,19H2,(H,21,22). The van der Waals surface area contributed by atoms with Crippen LogP contribution < -0.4 is 15.9 Å². The van der Waals surface area contributed by atoms with Crippen molar-refractivity contribution in [3.05, 3.63) is 70.1 Å². The number of hydrogen-bond acceptors (Lipinski definition) is 6. The molecule has 122 valence electrons. The highest BCUT2D eigenvalue weighted by Gasteiger charge is 2.02. The lowest BCUT2D eigenvalue weighted by Gasteiger charge is -2.09. The number of ether oxygens (including phenoxy) is 1. The number of nitrogen functional groups attached to an aromatic ring is 1. The molecule has 7 heteroatoms. The van der Waals surface area contributed by atoms with E-state index in [1.165, 1.54) is 11.3 Å². The number of aromatic nitrogens is 1. The molecule has 0 aliphatic heterocycles. The number of nitrogens with one attached hydrogen (secondary N) is 1. The van der Waals surface area contributed by atoms with Gasteiger partial charge in [-0.25, -0.2) is 4.98 Å². The largest absolute Gasteiger partial charge is 0.488 e. The maximum absolute atomic E-state index is 5.99. The molecule has 0 saturated heterocycles. The summed E-state index contributed by atoms with van der Waals surface area (Å²) >= 11 is 7.38. The number of nitrogens with zero attached hydrogens (tertiary/aromatic N) is 2. The number of hydrogen-bond donors (Lipinski definition) is 2. The lowest BCUT2D eigenvalue weighted by atomic mass is 10.2. The van der Waals surface area contributed by atoms with Crippen molar-refractivity contribution in [3.63, 3.8) is 0 Å². The monoisotopic (exact) mass is 358 g/mol. The molecule has 0 atom stereocenters. The Morgan fingerprint density at radius 2 is 2.12 bits per heavy atom. The fourth-order valence-corrected chi connectivity index (χ4v) is 2.76. The van der Waals surface area contributed by atoms with Crippen molar-refractivity contribution in [2.24, 2.45) is 5.10 Å². The van der Waals surface area contributed by atoms with E-state index in [2.05, 4.69) is 15.5 Å². The second-order valence-electron chi connectivity index (χ2n) is 4.90. The summed E-state index contributed by atoms with van der Waals surface area (Å²) in [4.78, 5) is 4.08. The van der Waals surface area contributed by atoms with Gasteiger partial charge in [-0.05, 0) is 29.8 Å². The maximum atomic E-state index is 5.99. The van der Waals surface area contributed by atoms with Crippen molar-refractivity contribution in [1.29, 1.82) is 0 Å². The van der Waals surface area contributed by atoms with E-state index in [0.29, 0.717) is 22.6 Å². The fourth-order valence-electron chi connectivity index (χ4n) is 2.00. The second kappa shape index (κ2) is 7.81. The molecule has 3 aromatic rings. The summed E-state index contributed by atoms with van der Waals surface area (Å²) in [6.07, 6.45) is 1.69. The Morgan fingerprint density at radius 3 is 2.92 bits per heavy atom. The van der Waals surface area contributed by atoms with E-state index in [0.717, 1.165) is 16.9 Å². The molecule has 1 aromatic heterocycles. The molecule has 0 amide bonds. The van der Waals surface area contributed by atoms with Crippen molar-refractivity contribution >= 4 is 40.1 Å². The molecule has 5 nitrogen and oxygen atoms in total. The third-order valence-electron chi connectivity index (χ3n) is 3.09. The third-order valence-corrected chi connectivity index (χ3v) is 4.09. The van der Waals surface area contributed by atoms with E-state index in [9.17, 15) is 0 Å². The summed E-state index contributed by atoms with van der Waals surface area (Å²) in [6.45, 7) is 0.432. The highest BCUT2D eigenvalue weighted by molar-refractivity contribution is 7.14. The molecule has 3 rings (SSSR count). The molecule has 0 spiro atoms. The maximum Gasteiger partial charge on any atom is 0.205 e. The van der Waals surface area contributed by atoms with Gasteiger partial charge in [0.2, 0.25) is 5.13 Å². The van der Waals surface area contributed by atoms with Gasteiger partial charge in [-0.1, -0.05) is 35.9 Å². The summed E-state index contributed by atoms with van der Waals surface area (Å²) in [5.74, 6) is 1.21. The van der Waals surface area contributed by atoms with Gasteiger partial charge in [-0.2, -0.15) is 5.10 Å². The third kappa shape index (κ3) is 4.47. The van der Waals surface area contributed by atoms with Gasteiger partial charge < -0.3 is 10.5 Å². The molecule has 24 heavy (non-hydrogen) atoms. The normalized spacial score (nSPS) is 10.9. The molecule has 0 bridgehead atoms. The van der Waals surface area contributed by atoms with Crippen molar-refractivity contribution in [2.45, 2.75) is 6.61 Å². The van der Waals surface area contributed by atoms with E-state index < -0.39 is 0 Å². The Bertz CT molecular complexity index is 850. The fraction of sp³-hybridized carbons (Fsp3) is 0.0588. The van der Waals surface area contributed by atoms with E-state index >= 15 is 0 Å². The van der Waals surface area contributed by atoms with Crippen molar-refractivity contribution < 1.29 is 4.74 Å². The van der Waals surface area contributed by atoms with Crippen LogP contribution in [0.3, 0.4) is 0 Å². The average molecular weight is 359 g/mol. The second-order valence-corrected chi connectivity index (χ2v) is 6.20. The Balaban J connectivity index is 1.66. The number of rotatable bonds is 6. The van der Waals surface area contributed by atoms with Crippen molar-refractivity contribution in [1.82, 2.24) is 4.98 Å².